The van der Waals surface area contributed by atoms with Gasteiger partial charge in [-0.2, -0.15) is 0 Å². The van der Waals surface area contributed by atoms with E-state index in [-0.39, 0.29) is 0 Å². The predicted molar refractivity (Wildman–Crippen MR) is 52.3 cm³/mol. The average molecular weight is 203 g/mol. The van der Waals surface area contributed by atoms with Crippen LogP contribution in [0.2, 0.25) is 10.3 Å². The highest BCUT2D eigenvalue weighted by molar-refractivity contribution is 6.32. The monoisotopic (exact) mass is 202 g/mol. The molecule has 0 atom stereocenters. The Kier molecular flexibility index (Phi) is 3.09. The minimum atomic E-state index is 0.354. The van der Waals surface area contributed by atoms with E-state index in [0.29, 0.717) is 16.9 Å². The maximum Gasteiger partial charge on any atom is 0.131 e. The Balaban J connectivity index is 3.08. The normalized spacial score (nSPS) is 9.92. The van der Waals surface area contributed by atoms with Crippen LogP contribution in [0.4, 0.5) is 0 Å². The van der Waals surface area contributed by atoms with E-state index in [1.807, 2.05) is 0 Å². The van der Waals surface area contributed by atoms with Crippen LogP contribution in [0, 0.1) is 0 Å². The first kappa shape index (κ1) is 9.52. The number of nitrogens with two attached hydrogens (primary N) is 1. The van der Waals surface area contributed by atoms with Crippen molar-refractivity contribution in [3.8, 4) is 0 Å². The Morgan fingerprint density at radius 1 is 1.42 bits per heavy atom. The summed E-state index contributed by atoms with van der Waals surface area (Å²) in [5.74, 6) is 0. The van der Waals surface area contributed by atoms with Crippen molar-refractivity contribution in [2.24, 2.45) is 5.73 Å². The Labute approximate surface area is 81.0 Å². The van der Waals surface area contributed by atoms with E-state index in [1.165, 1.54) is 0 Å². The number of pyridine rings is 1. The maximum atomic E-state index is 5.67. The van der Waals surface area contributed by atoms with Crippen LogP contribution in [0.25, 0.3) is 5.57 Å². The van der Waals surface area contributed by atoms with Gasteiger partial charge in [-0.05, 0) is 23.3 Å². The highest BCUT2D eigenvalue weighted by Gasteiger charge is 2.01. The third-order valence-corrected chi connectivity index (χ3v) is 1.80. The van der Waals surface area contributed by atoms with Crippen LogP contribution in [0.1, 0.15) is 5.56 Å². The fourth-order valence-electron chi connectivity index (χ4n) is 0.787. The van der Waals surface area contributed by atoms with E-state index in [1.54, 1.807) is 12.1 Å². The smallest absolute Gasteiger partial charge is 0.131 e. The molecule has 1 aromatic heterocycles. The maximum absolute atomic E-state index is 5.67. The van der Waals surface area contributed by atoms with E-state index in [9.17, 15) is 0 Å². The Morgan fingerprint density at radius 3 is 2.33 bits per heavy atom. The third-order valence-electron chi connectivity index (χ3n) is 1.42. The van der Waals surface area contributed by atoms with E-state index < -0.39 is 0 Å². The average Bonchev–Trinajstić information content (AvgIpc) is 2.01. The Morgan fingerprint density at radius 2 is 1.92 bits per heavy atom. The van der Waals surface area contributed by atoms with Crippen molar-refractivity contribution >= 4 is 28.8 Å². The summed E-state index contributed by atoms with van der Waals surface area (Å²) in [6.07, 6.45) is 0. The second kappa shape index (κ2) is 3.90. The van der Waals surface area contributed by atoms with Gasteiger partial charge in [-0.3, -0.25) is 0 Å². The number of hydrogen-bond donors (Lipinski definition) is 1. The number of halogens is 2. The standard InChI is InChI=1S/C8H8Cl2N2/c1-5(4-11)6-2-7(9)12-8(10)3-6/h2-3H,1,4,11H2. The van der Waals surface area contributed by atoms with Crippen LogP contribution >= 0.6 is 23.2 Å². The van der Waals surface area contributed by atoms with Gasteiger partial charge in [0.25, 0.3) is 0 Å². The highest BCUT2D eigenvalue weighted by Crippen LogP contribution is 2.19. The molecule has 0 aliphatic heterocycles. The fraction of sp³-hybridized carbons (Fsp3) is 0.125. The van der Waals surface area contributed by atoms with E-state index >= 15 is 0 Å². The van der Waals surface area contributed by atoms with Gasteiger partial charge in [-0.25, -0.2) is 4.98 Å². The molecule has 0 saturated carbocycles. The highest BCUT2D eigenvalue weighted by atomic mass is 35.5. The summed E-state index contributed by atoms with van der Waals surface area (Å²) >= 11 is 11.3. The van der Waals surface area contributed by atoms with Crippen molar-refractivity contribution in [2.75, 3.05) is 6.54 Å². The second-order valence-corrected chi connectivity index (χ2v) is 3.08. The molecule has 1 heterocycles. The van der Waals surface area contributed by atoms with Gasteiger partial charge in [0.15, 0.2) is 0 Å². The first-order valence-corrected chi connectivity index (χ1v) is 4.10. The van der Waals surface area contributed by atoms with Crippen LogP contribution < -0.4 is 5.73 Å². The lowest BCUT2D eigenvalue weighted by molar-refractivity contribution is 1.25. The number of rotatable bonds is 2. The molecule has 0 aliphatic carbocycles. The van der Waals surface area contributed by atoms with Gasteiger partial charge in [-0.1, -0.05) is 29.8 Å². The summed E-state index contributed by atoms with van der Waals surface area (Å²) in [5, 5.41) is 0.708. The molecular weight excluding hydrogens is 195 g/mol. The minimum Gasteiger partial charge on any atom is -0.326 e. The first-order valence-electron chi connectivity index (χ1n) is 3.35. The SMILES string of the molecule is C=C(CN)c1cc(Cl)nc(Cl)c1. The quantitative estimate of drug-likeness (QED) is 0.749. The van der Waals surface area contributed by atoms with Crippen LogP contribution in [0.15, 0.2) is 18.7 Å². The minimum absolute atomic E-state index is 0.354. The molecule has 1 aromatic rings. The first-order chi connectivity index (χ1) is 5.63. The summed E-state index contributed by atoms with van der Waals surface area (Å²) in [6.45, 7) is 4.14. The lowest BCUT2D eigenvalue weighted by Crippen LogP contribution is -2.01. The van der Waals surface area contributed by atoms with Crippen molar-refractivity contribution < 1.29 is 0 Å². The molecule has 0 spiro atoms. The molecule has 0 aliphatic rings. The molecule has 12 heavy (non-hydrogen) atoms. The molecule has 0 bridgehead atoms. The van der Waals surface area contributed by atoms with Crippen LogP contribution in [-0.4, -0.2) is 11.5 Å². The third kappa shape index (κ3) is 2.21. The topological polar surface area (TPSA) is 38.9 Å². The van der Waals surface area contributed by atoms with Gasteiger partial charge in [0.05, 0.1) is 0 Å². The van der Waals surface area contributed by atoms with Gasteiger partial charge < -0.3 is 5.73 Å². The van der Waals surface area contributed by atoms with Crippen molar-refractivity contribution in [3.05, 3.63) is 34.6 Å². The lowest BCUT2D eigenvalue weighted by atomic mass is 10.1. The van der Waals surface area contributed by atoms with E-state index in [0.717, 1.165) is 11.1 Å². The summed E-state index contributed by atoms with van der Waals surface area (Å²) in [5.41, 5.74) is 7.03. The zero-order chi connectivity index (χ0) is 9.14. The molecule has 0 aromatic carbocycles. The van der Waals surface area contributed by atoms with Gasteiger partial charge >= 0.3 is 0 Å². The van der Waals surface area contributed by atoms with Gasteiger partial charge in [0.2, 0.25) is 0 Å². The van der Waals surface area contributed by atoms with Crippen molar-refractivity contribution in [3.63, 3.8) is 0 Å². The largest absolute Gasteiger partial charge is 0.326 e. The second-order valence-electron chi connectivity index (χ2n) is 2.31. The molecule has 2 N–H and O–H groups in total. The fourth-order valence-corrected chi connectivity index (χ4v) is 1.25. The number of nitrogens with zero attached hydrogens (tertiary/aromatic N) is 1. The zero-order valence-electron chi connectivity index (χ0n) is 6.35. The molecule has 4 heteroatoms. The molecule has 0 radical (unpaired) electrons. The molecular formula is C8H8Cl2N2. The molecule has 0 unspecified atom stereocenters. The lowest BCUT2D eigenvalue weighted by Gasteiger charge is -2.02. The Bertz CT molecular complexity index is 290. The van der Waals surface area contributed by atoms with E-state index in [2.05, 4.69) is 11.6 Å². The predicted octanol–water partition coefficient (Wildman–Crippen LogP) is 2.36. The molecule has 0 saturated heterocycles. The Hall–Kier alpha value is -0.570. The number of aromatic nitrogens is 1. The summed E-state index contributed by atoms with van der Waals surface area (Å²) in [7, 11) is 0. The van der Waals surface area contributed by atoms with Gasteiger partial charge in [-0.15, -0.1) is 0 Å². The van der Waals surface area contributed by atoms with Crippen molar-refractivity contribution in [1.29, 1.82) is 0 Å². The van der Waals surface area contributed by atoms with Crippen LogP contribution in [-0.2, 0) is 0 Å². The van der Waals surface area contributed by atoms with Crippen LogP contribution in [0.5, 0.6) is 0 Å². The van der Waals surface area contributed by atoms with Crippen LogP contribution in [0.3, 0.4) is 0 Å². The van der Waals surface area contributed by atoms with Gasteiger partial charge in [0.1, 0.15) is 10.3 Å². The summed E-state index contributed by atoms with van der Waals surface area (Å²) < 4.78 is 0. The summed E-state index contributed by atoms with van der Waals surface area (Å²) in [6, 6.07) is 3.37. The van der Waals surface area contributed by atoms with Gasteiger partial charge in [0, 0.05) is 6.54 Å². The number of hydrogen-bond acceptors (Lipinski definition) is 2. The zero-order valence-corrected chi connectivity index (χ0v) is 7.86. The van der Waals surface area contributed by atoms with Crippen molar-refractivity contribution in [2.45, 2.75) is 0 Å². The summed E-state index contributed by atoms with van der Waals surface area (Å²) in [4.78, 5) is 3.80. The molecule has 2 nitrogen and oxygen atoms in total. The molecule has 1 rings (SSSR count). The molecule has 0 amide bonds. The van der Waals surface area contributed by atoms with Crippen molar-refractivity contribution in [1.82, 2.24) is 4.98 Å². The molecule has 64 valence electrons. The molecule has 0 fully saturated rings. The van der Waals surface area contributed by atoms with E-state index in [4.69, 9.17) is 28.9 Å².